The number of rotatable bonds is 6. The third-order valence-electron chi connectivity index (χ3n) is 5.20. The molecule has 0 unspecified atom stereocenters. The fourth-order valence-electron chi connectivity index (χ4n) is 3.79. The summed E-state index contributed by atoms with van der Waals surface area (Å²) < 4.78 is 87.8. The van der Waals surface area contributed by atoms with Crippen molar-refractivity contribution in [2.75, 3.05) is 6.54 Å². The Morgan fingerprint density at radius 1 is 1.17 bits per heavy atom. The molecule has 16 heteroatoms. The van der Waals surface area contributed by atoms with Gasteiger partial charge >= 0.3 is 24.4 Å². The van der Waals surface area contributed by atoms with Crippen molar-refractivity contribution in [1.29, 1.82) is 0 Å². The molecule has 0 saturated carbocycles. The number of halogens is 6. The Bertz CT molecular complexity index is 1230. The normalized spacial score (nSPS) is 18.3. The first-order chi connectivity index (χ1) is 16.9. The molecule has 2 aromatic heterocycles. The molecule has 1 fully saturated rings. The van der Waals surface area contributed by atoms with Crippen molar-refractivity contribution in [3.63, 3.8) is 0 Å². The van der Waals surface area contributed by atoms with Gasteiger partial charge < -0.3 is 19.4 Å². The van der Waals surface area contributed by atoms with Crippen molar-refractivity contribution in [3.05, 3.63) is 48.7 Å². The highest BCUT2D eigenvalue weighted by Gasteiger charge is 2.48. The number of likely N-dealkylation sites (tertiary alicyclic amines) is 1. The summed E-state index contributed by atoms with van der Waals surface area (Å²) in [6.07, 6.45) is -6.39. The summed E-state index contributed by atoms with van der Waals surface area (Å²) >= 11 is 0. The maximum absolute atomic E-state index is 13.1. The van der Waals surface area contributed by atoms with E-state index in [0.717, 1.165) is 12.3 Å². The highest BCUT2D eigenvalue weighted by atomic mass is 19.4. The van der Waals surface area contributed by atoms with Gasteiger partial charge in [-0.25, -0.2) is 4.98 Å². The average Bonchev–Trinajstić information content (AvgIpc) is 3.53. The van der Waals surface area contributed by atoms with Gasteiger partial charge in [0.05, 0.1) is 30.5 Å². The largest absolute Gasteiger partial charge is 0.573 e. The fraction of sp³-hybridized carbons (Fsp3) is 0.350. The summed E-state index contributed by atoms with van der Waals surface area (Å²) in [7, 11) is 0. The quantitative estimate of drug-likeness (QED) is 0.499. The second kappa shape index (κ2) is 9.50. The molecule has 192 valence electrons. The molecule has 1 saturated heterocycles. The minimum atomic E-state index is -5.12. The number of ether oxygens (including phenoxy) is 1. The van der Waals surface area contributed by atoms with Crippen LogP contribution in [0.1, 0.15) is 17.1 Å². The number of nitrogens with one attached hydrogen (secondary N) is 1. The molecule has 3 aromatic rings. The molecule has 10 nitrogen and oxygen atoms in total. The molecule has 0 spiro atoms. The topological polar surface area (TPSA) is 115 Å². The van der Waals surface area contributed by atoms with Crippen LogP contribution in [-0.4, -0.2) is 67.9 Å². The van der Waals surface area contributed by atoms with Crippen molar-refractivity contribution in [1.82, 2.24) is 30.2 Å². The summed E-state index contributed by atoms with van der Waals surface area (Å²) in [5, 5.41) is 9.70. The molecule has 1 aliphatic rings. The highest BCUT2D eigenvalue weighted by molar-refractivity contribution is 5.90. The lowest BCUT2D eigenvalue weighted by Crippen LogP contribution is -2.46. The molecule has 2 atom stereocenters. The van der Waals surface area contributed by atoms with E-state index in [-0.39, 0.29) is 24.3 Å². The third kappa shape index (κ3) is 5.75. The maximum Gasteiger partial charge on any atom is 0.573 e. The summed E-state index contributed by atoms with van der Waals surface area (Å²) in [5.41, 5.74) is -0.128. The van der Waals surface area contributed by atoms with Gasteiger partial charge in [-0.2, -0.15) is 13.2 Å². The number of benzene rings is 1. The monoisotopic (exact) mass is 518 g/mol. The maximum atomic E-state index is 13.1. The minimum absolute atomic E-state index is 0.0385. The predicted molar refractivity (Wildman–Crippen MR) is 106 cm³/mol. The molecule has 1 aromatic carbocycles. The van der Waals surface area contributed by atoms with Gasteiger partial charge in [0, 0.05) is 18.8 Å². The number of aromatic nitrogens is 4. The van der Waals surface area contributed by atoms with Crippen molar-refractivity contribution in [3.8, 4) is 17.1 Å². The van der Waals surface area contributed by atoms with Crippen molar-refractivity contribution < 1.29 is 45.1 Å². The van der Waals surface area contributed by atoms with Gasteiger partial charge in [-0.3, -0.25) is 14.3 Å². The summed E-state index contributed by atoms with van der Waals surface area (Å²) in [4.78, 5) is 28.9. The van der Waals surface area contributed by atoms with Gasteiger partial charge in [0.25, 0.3) is 5.89 Å². The Labute approximate surface area is 197 Å². The van der Waals surface area contributed by atoms with Crippen LogP contribution in [-0.2, 0) is 11.3 Å². The highest BCUT2D eigenvalue weighted by Crippen LogP contribution is 2.34. The molecule has 0 aliphatic carbocycles. The SMILES string of the molecule is O=C(N[C@@H]1C[C@@H](Cn2ccnn2)N(C(=O)C(F)(F)F)C1)c1ncc(-c2ccccc2OC(F)(F)F)o1. The molecular formula is C20H16F6N6O4. The van der Waals surface area contributed by atoms with E-state index in [4.69, 9.17) is 4.42 Å². The van der Waals surface area contributed by atoms with E-state index in [1.54, 1.807) is 0 Å². The number of amides is 2. The van der Waals surface area contributed by atoms with E-state index in [0.29, 0.717) is 4.90 Å². The fourth-order valence-corrected chi connectivity index (χ4v) is 3.79. The van der Waals surface area contributed by atoms with Crippen LogP contribution >= 0.6 is 0 Å². The Morgan fingerprint density at radius 3 is 2.58 bits per heavy atom. The zero-order valence-corrected chi connectivity index (χ0v) is 18.0. The standard InChI is InChI=1S/C20H16F6N6O4/c21-19(22,23)18(34)32-9-11(7-12(32)10-31-6-5-28-30-31)29-16(33)17-27-8-15(35-17)13-3-1-2-4-14(13)36-20(24,25)26/h1-6,8,11-12H,7,9-10H2,(H,29,33)/t11-,12+/m1/s1. The number of carbonyl (C=O) groups is 2. The van der Waals surface area contributed by atoms with Crippen LogP contribution < -0.4 is 10.1 Å². The van der Waals surface area contributed by atoms with Crippen LogP contribution in [0.2, 0.25) is 0 Å². The molecular weight excluding hydrogens is 502 g/mol. The van der Waals surface area contributed by atoms with E-state index in [1.165, 1.54) is 35.3 Å². The predicted octanol–water partition coefficient (Wildman–Crippen LogP) is 2.79. The van der Waals surface area contributed by atoms with E-state index >= 15 is 0 Å². The average molecular weight is 518 g/mol. The minimum Gasteiger partial charge on any atom is -0.432 e. The second-order valence-corrected chi connectivity index (χ2v) is 7.71. The van der Waals surface area contributed by atoms with Gasteiger partial charge in [-0.15, -0.1) is 18.3 Å². The van der Waals surface area contributed by atoms with Crippen LogP contribution in [0.5, 0.6) is 5.75 Å². The van der Waals surface area contributed by atoms with Gasteiger partial charge in [0.2, 0.25) is 0 Å². The van der Waals surface area contributed by atoms with Crippen molar-refractivity contribution in [2.45, 2.75) is 37.6 Å². The van der Waals surface area contributed by atoms with Gasteiger partial charge in [-0.05, 0) is 18.6 Å². The number of carbonyl (C=O) groups excluding carboxylic acids is 2. The zero-order valence-electron chi connectivity index (χ0n) is 18.0. The number of hydrogen-bond acceptors (Lipinski definition) is 7. The lowest BCUT2D eigenvalue weighted by Gasteiger charge is -2.25. The Balaban J connectivity index is 1.48. The molecule has 4 rings (SSSR count). The number of oxazole rings is 1. The van der Waals surface area contributed by atoms with Crippen molar-refractivity contribution >= 4 is 11.8 Å². The first kappa shape index (κ1) is 25.0. The molecule has 1 N–H and O–H groups in total. The number of hydrogen-bond donors (Lipinski definition) is 1. The van der Waals surface area contributed by atoms with Crippen LogP contribution in [0, 0.1) is 0 Å². The molecule has 36 heavy (non-hydrogen) atoms. The Kier molecular flexibility index (Phi) is 6.60. The van der Waals surface area contributed by atoms with Crippen LogP contribution in [0.4, 0.5) is 26.3 Å². The lowest BCUT2D eigenvalue weighted by atomic mass is 10.1. The summed E-state index contributed by atoms with van der Waals surface area (Å²) in [5.74, 6) is -4.32. The van der Waals surface area contributed by atoms with Gasteiger partial charge in [0.1, 0.15) is 5.75 Å². The second-order valence-electron chi connectivity index (χ2n) is 7.71. The van der Waals surface area contributed by atoms with Gasteiger partial charge in [0.15, 0.2) is 5.76 Å². The van der Waals surface area contributed by atoms with Gasteiger partial charge in [-0.1, -0.05) is 17.3 Å². The number of nitrogens with zero attached hydrogens (tertiary/aromatic N) is 5. The third-order valence-corrected chi connectivity index (χ3v) is 5.20. The molecule has 3 heterocycles. The van der Waals surface area contributed by atoms with Crippen LogP contribution in [0.3, 0.4) is 0 Å². The first-order valence-corrected chi connectivity index (χ1v) is 10.2. The van der Waals surface area contributed by atoms with E-state index in [9.17, 15) is 35.9 Å². The Hall–Kier alpha value is -4.11. The van der Waals surface area contributed by atoms with Crippen LogP contribution in [0.15, 0.2) is 47.3 Å². The zero-order chi connectivity index (χ0) is 26.1. The number of alkyl halides is 6. The first-order valence-electron chi connectivity index (χ1n) is 10.2. The van der Waals surface area contributed by atoms with E-state index in [1.807, 2.05) is 0 Å². The Morgan fingerprint density at radius 2 is 1.92 bits per heavy atom. The number of para-hydroxylation sites is 1. The van der Waals surface area contributed by atoms with Crippen LogP contribution in [0.25, 0.3) is 11.3 Å². The molecule has 0 bridgehead atoms. The van der Waals surface area contributed by atoms with Crippen molar-refractivity contribution in [2.24, 2.45) is 0 Å². The summed E-state index contributed by atoms with van der Waals surface area (Å²) in [6, 6.07) is 3.19. The van der Waals surface area contributed by atoms with E-state index in [2.05, 4.69) is 25.3 Å². The molecule has 2 amide bonds. The molecule has 1 aliphatic heterocycles. The summed E-state index contributed by atoms with van der Waals surface area (Å²) in [6.45, 7) is -0.535. The van der Waals surface area contributed by atoms with E-state index < -0.39 is 54.6 Å². The smallest absolute Gasteiger partial charge is 0.432 e. The lowest BCUT2D eigenvalue weighted by molar-refractivity contribution is -0.274. The molecule has 0 radical (unpaired) electrons.